The van der Waals surface area contributed by atoms with E-state index in [2.05, 4.69) is 15.3 Å². The van der Waals surface area contributed by atoms with Crippen molar-refractivity contribution in [3.05, 3.63) is 46.7 Å². The summed E-state index contributed by atoms with van der Waals surface area (Å²) in [5, 5.41) is 10.5. The minimum atomic E-state index is -0.250. The molecular formula is C15H20ClN3O2. The molecule has 0 unspecified atom stereocenters. The molecule has 2 rings (SSSR count). The van der Waals surface area contributed by atoms with E-state index in [4.69, 9.17) is 21.5 Å². The number of hydrogen-bond donors (Lipinski definition) is 2. The van der Waals surface area contributed by atoms with Crippen molar-refractivity contribution in [1.82, 2.24) is 9.97 Å². The fraction of sp³-hybridized carbons (Fsp3) is 0.267. The number of hydrogen-bond acceptors (Lipinski definition) is 4. The molecule has 0 aliphatic heterocycles. The van der Waals surface area contributed by atoms with E-state index in [0.717, 1.165) is 11.3 Å². The van der Waals surface area contributed by atoms with E-state index >= 15 is 0 Å². The van der Waals surface area contributed by atoms with Crippen molar-refractivity contribution in [1.29, 1.82) is 0 Å². The lowest BCUT2D eigenvalue weighted by Gasteiger charge is -2.05. The van der Waals surface area contributed by atoms with Crippen LogP contribution in [-0.4, -0.2) is 21.5 Å². The second-order valence-electron chi connectivity index (χ2n) is 3.76. The minimum Gasteiger partial charge on any atom is -0.483 e. The number of aryl methyl sites for hydroxylation is 2. The Kier molecular flexibility index (Phi) is 9.54. The summed E-state index contributed by atoms with van der Waals surface area (Å²) in [6, 6.07) is 8.01. The number of carboxylic acid groups (broad SMARTS) is 1. The third-order valence-corrected chi connectivity index (χ3v) is 2.60. The predicted molar refractivity (Wildman–Crippen MR) is 86.3 cm³/mol. The average molecular weight is 310 g/mol. The highest BCUT2D eigenvalue weighted by Gasteiger charge is 2.01. The zero-order valence-corrected chi connectivity index (χ0v) is 13.3. The van der Waals surface area contributed by atoms with Gasteiger partial charge >= 0.3 is 0 Å². The van der Waals surface area contributed by atoms with Gasteiger partial charge in [0.2, 0.25) is 5.95 Å². The Morgan fingerprint density at radius 3 is 2.19 bits per heavy atom. The van der Waals surface area contributed by atoms with E-state index in [0.29, 0.717) is 11.1 Å². The number of carbonyl (C=O) groups is 1. The molecule has 6 heteroatoms. The van der Waals surface area contributed by atoms with Crippen LogP contribution in [0, 0.1) is 13.8 Å². The molecule has 5 nitrogen and oxygen atoms in total. The van der Waals surface area contributed by atoms with Crippen LogP contribution in [-0.2, 0) is 4.79 Å². The average Bonchev–Trinajstić information content (AvgIpc) is 2.48. The Hall–Kier alpha value is -2.14. The highest BCUT2D eigenvalue weighted by Crippen LogP contribution is 2.16. The molecule has 21 heavy (non-hydrogen) atoms. The number of nitrogens with one attached hydrogen (secondary N) is 1. The minimum absolute atomic E-state index is 0.250. The van der Waals surface area contributed by atoms with Gasteiger partial charge in [-0.25, -0.2) is 9.97 Å². The van der Waals surface area contributed by atoms with Crippen LogP contribution >= 0.6 is 11.6 Å². The quantitative estimate of drug-likeness (QED) is 0.642. The van der Waals surface area contributed by atoms with Crippen LogP contribution < -0.4 is 5.32 Å². The van der Waals surface area contributed by atoms with Crippen LogP contribution in [0.25, 0.3) is 0 Å². The molecular weight excluding hydrogens is 290 g/mol. The standard InChI is InChI=1S/C12H12ClN3.C2H6.CH2O2/c1-8-3-5-10(6-4-8)15-12-14-7-9(2)11(13)16-12;1-2;2-1-3/h3-7H,1-2H3,(H,14,15,16);1-2H3;1H,(H,2,3). The van der Waals surface area contributed by atoms with Gasteiger partial charge in [-0.15, -0.1) is 0 Å². The number of rotatable bonds is 2. The second kappa shape index (κ2) is 10.6. The number of anilines is 2. The maximum absolute atomic E-state index is 8.36. The molecule has 0 atom stereocenters. The first-order chi connectivity index (χ1) is 10.1. The van der Waals surface area contributed by atoms with E-state index in [9.17, 15) is 0 Å². The summed E-state index contributed by atoms with van der Waals surface area (Å²) in [6.07, 6.45) is 1.70. The van der Waals surface area contributed by atoms with Gasteiger partial charge in [-0.3, -0.25) is 4.79 Å². The maximum Gasteiger partial charge on any atom is 0.290 e. The van der Waals surface area contributed by atoms with E-state index in [-0.39, 0.29) is 6.47 Å². The number of aromatic nitrogens is 2. The van der Waals surface area contributed by atoms with Gasteiger partial charge in [-0.05, 0) is 26.0 Å². The first-order valence-electron chi connectivity index (χ1n) is 6.47. The highest BCUT2D eigenvalue weighted by atomic mass is 35.5. The first kappa shape index (κ1) is 18.9. The Balaban J connectivity index is 0.000000713. The third-order valence-electron chi connectivity index (χ3n) is 2.22. The van der Waals surface area contributed by atoms with Crippen LogP contribution in [0.2, 0.25) is 5.15 Å². The van der Waals surface area contributed by atoms with E-state index in [1.807, 2.05) is 52.0 Å². The van der Waals surface area contributed by atoms with Crippen LogP contribution in [0.5, 0.6) is 0 Å². The zero-order valence-electron chi connectivity index (χ0n) is 12.6. The molecule has 114 valence electrons. The van der Waals surface area contributed by atoms with Crippen molar-refractivity contribution in [2.75, 3.05) is 5.32 Å². The molecule has 0 radical (unpaired) electrons. The van der Waals surface area contributed by atoms with Crippen LogP contribution in [0.15, 0.2) is 30.5 Å². The summed E-state index contributed by atoms with van der Waals surface area (Å²) >= 11 is 5.91. The van der Waals surface area contributed by atoms with Crippen molar-refractivity contribution in [3.8, 4) is 0 Å². The number of nitrogens with zero attached hydrogens (tertiary/aromatic N) is 2. The lowest BCUT2D eigenvalue weighted by molar-refractivity contribution is -0.122. The molecule has 2 aromatic rings. The summed E-state index contributed by atoms with van der Waals surface area (Å²) in [4.78, 5) is 16.6. The lowest BCUT2D eigenvalue weighted by atomic mass is 10.2. The van der Waals surface area contributed by atoms with Crippen LogP contribution in [0.4, 0.5) is 11.6 Å². The molecule has 1 aromatic carbocycles. The largest absolute Gasteiger partial charge is 0.483 e. The molecule has 0 aliphatic carbocycles. The molecule has 0 amide bonds. The topological polar surface area (TPSA) is 75.1 Å². The van der Waals surface area contributed by atoms with Crippen molar-refractivity contribution in [2.24, 2.45) is 0 Å². The van der Waals surface area contributed by atoms with Gasteiger partial charge in [-0.1, -0.05) is 43.1 Å². The van der Waals surface area contributed by atoms with E-state index in [1.54, 1.807) is 6.20 Å². The van der Waals surface area contributed by atoms with Crippen molar-refractivity contribution in [2.45, 2.75) is 27.7 Å². The van der Waals surface area contributed by atoms with Gasteiger partial charge in [-0.2, -0.15) is 0 Å². The van der Waals surface area contributed by atoms with Crippen LogP contribution in [0.3, 0.4) is 0 Å². The SMILES string of the molecule is CC.Cc1ccc(Nc2ncc(C)c(Cl)n2)cc1.O=CO. The fourth-order valence-corrected chi connectivity index (χ4v) is 1.38. The highest BCUT2D eigenvalue weighted by molar-refractivity contribution is 6.30. The Morgan fingerprint density at radius 1 is 1.19 bits per heavy atom. The summed E-state index contributed by atoms with van der Waals surface area (Å²) in [5.74, 6) is 0.513. The normalized spacial score (nSPS) is 8.62. The lowest BCUT2D eigenvalue weighted by Crippen LogP contribution is -1.97. The van der Waals surface area contributed by atoms with Crippen molar-refractivity contribution >= 4 is 29.7 Å². The van der Waals surface area contributed by atoms with Gasteiger partial charge in [0, 0.05) is 17.4 Å². The van der Waals surface area contributed by atoms with Gasteiger partial charge in [0.25, 0.3) is 6.47 Å². The summed E-state index contributed by atoms with van der Waals surface area (Å²) in [5.41, 5.74) is 3.04. The summed E-state index contributed by atoms with van der Waals surface area (Å²) < 4.78 is 0. The molecule has 2 N–H and O–H groups in total. The smallest absolute Gasteiger partial charge is 0.290 e. The third kappa shape index (κ3) is 7.27. The Morgan fingerprint density at radius 2 is 1.71 bits per heavy atom. The molecule has 0 saturated heterocycles. The molecule has 0 saturated carbocycles. The molecule has 1 aromatic heterocycles. The van der Waals surface area contributed by atoms with Crippen molar-refractivity contribution in [3.63, 3.8) is 0 Å². The fourth-order valence-electron chi connectivity index (χ4n) is 1.25. The van der Waals surface area contributed by atoms with E-state index < -0.39 is 0 Å². The maximum atomic E-state index is 8.36. The van der Waals surface area contributed by atoms with Crippen LogP contribution in [0.1, 0.15) is 25.0 Å². The molecule has 0 fully saturated rings. The molecule has 0 bridgehead atoms. The number of halogens is 1. The second-order valence-corrected chi connectivity index (χ2v) is 4.12. The van der Waals surface area contributed by atoms with Gasteiger partial charge in [0.1, 0.15) is 5.15 Å². The van der Waals surface area contributed by atoms with Crippen molar-refractivity contribution < 1.29 is 9.90 Å². The number of benzene rings is 1. The van der Waals surface area contributed by atoms with Gasteiger partial charge in [0.05, 0.1) is 0 Å². The Bertz CT molecular complexity index is 545. The monoisotopic (exact) mass is 309 g/mol. The zero-order chi connectivity index (χ0) is 16.3. The van der Waals surface area contributed by atoms with Gasteiger partial charge < -0.3 is 10.4 Å². The Labute approximate surface area is 130 Å². The predicted octanol–water partition coefficient (Wildman–Crippen LogP) is 4.22. The molecule has 0 spiro atoms. The summed E-state index contributed by atoms with van der Waals surface area (Å²) in [6.45, 7) is 7.67. The molecule has 1 heterocycles. The molecule has 0 aliphatic rings. The summed E-state index contributed by atoms with van der Waals surface area (Å²) in [7, 11) is 0. The van der Waals surface area contributed by atoms with E-state index in [1.165, 1.54) is 5.56 Å². The van der Waals surface area contributed by atoms with Gasteiger partial charge in [0.15, 0.2) is 0 Å². The first-order valence-corrected chi connectivity index (χ1v) is 6.85.